The Bertz CT molecular complexity index is 178. The van der Waals surface area contributed by atoms with Gasteiger partial charge in [0.2, 0.25) is 0 Å². The van der Waals surface area contributed by atoms with Gasteiger partial charge >= 0.3 is 0 Å². The van der Waals surface area contributed by atoms with Crippen LogP contribution in [-0.4, -0.2) is 17.5 Å². The summed E-state index contributed by atoms with van der Waals surface area (Å²) < 4.78 is 0. The topological polar surface area (TPSA) is 66.9 Å². The van der Waals surface area contributed by atoms with E-state index >= 15 is 0 Å². The molecule has 0 bridgehead atoms. The van der Waals surface area contributed by atoms with E-state index in [2.05, 4.69) is 0 Å². The molecule has 0 aromatic rings. The van der Waals surface area contributed by atoms with Gasteiger partial charge in [-0.25, -0.2) is 0 Å². The van der Waals surface area contributed by atoms with Crippen LogP contribution in [-0.2, 0) is 4.79 Å². The number of hydrogen-bond donors (Lipinski definition) is 2. The van der Waals surface area contributed by atoms with E-state index in [1.807, 2.05) is 6.92 Å². The zero-order valence-corrected chi connectivity index (χ0v) is 8.60. The largest absolute Gasteiger partial charge is 0.322 e. The summed E-state index contributed by atoms with van der Waals surface area (Å²) >= 11 is 0. The van der Waals surface area contributed by atoms with Crippen molar-refractivity contribution in [1.82, 2.24) is 0 Å². The fourth-order valence-corrected chi connectivity index (χ4v) is 1.08. The van der Waals surface area contributed by atoms with Crippen molar-refractivity contribution in [3.05, 3.63) is 0 Å². The van der Waals surface area contributed by atoms with Crippen LogP contribution < -0.4 is 5.73 Å². The Kier molecular flexibility index (Phi) is 15.0. The fourth-order valence-electron chi connectivity index (χ4n) is 1.08. The number of ketones is 1. The molecular weight excluding hydrogens is 188 g/mol. The SMILES string of the molecule is C.C.CCC(=N)CCCCC(N)C(C)=O. The number of carbonyl (C=O) groups is 1. The highest BCUT2D eigenvalue weighted by Gasteiger charge is 2.06. The summed E-state index contributed by atoms with van der Waals surface area (Å²) in [5.74, 6) is 0.0607. The normalized spacial score (nSPS) is 10.9. The van der Waals surface area contributed by atoms with Crippen LogP contribution in [0.15, 0.2) is 0 Å². The lowest BCUT2D eigenvalue weighted by Crippen LogP contribution is -2.27. The van der Waals surface area contributed by atoms with Gasteiger partial charge < -0.3 is 11.1 Å². The summed E-state index contributed by atoms with van der Waals surface area (Å²) in [5, 5.41) is 7.41. The van der Waals surface area contributed by atoms with E-state index in [4.69, 9.17) is 11.1 Å². The molecule has 0 aliphatic carbocycles. The summed E-state index contributed by atoms with van der Waals surface area (Å²) in [6.45, 7) is 3.52. The fraction of sp³-hybridized carbons (Fsp3) is 0.833. The van der Waals surface area contributed by atoms with E-state index in [1.165, 1.54) is 6.92 Å². The van der Waals surface area contributed by atoms with Gasteiger partial charge in [-0.05, 0) is 32.6 Å². The number of Topliss-reactive ketones (excluding diaryl/α,β-unsaturated/α-hetero) is 1. The monoisotopic (exact) mass is 216 g/mol. The van der Waals surface area contributed by atoms with Crippen molar-refractivity contribution in [3.63, 3.8) is 0 Å². The molecule has 3 nitrogen and oxygen atoms in total. The van der Waals surface area contributed by atoms with Gasteiger partial charge in [0.15, 0.2) is 0 Å². The van der Waals surface area contributed by atoms with Gasteiger partial charge in [-0.15, -0.1) is 0 Å². The lowest BCUT2D eigenvalue weighted by atomic mass is 10.0. The third-order valence-corrected chi connectivity index (χ3v) is 2.19. The molecule has 0 aromatic heterocycles. The number of rotatable bonds is 7. The number of nitrogens with two attached hydrogens (primary N) is 1. The highest BCUT2D eigenvalue weighted by Crippen LogP contribution is 2.04. The quantitative estimate of drug-likeness (QED) is 0.507. The van der Waals surface area contributed by atoms with Crippen molar-refractivity contribution in [3.8, 4) is 0 Å². The Hall–Kier alpha value is -0.700. The maximum atomic E-state index is 10.8. The van der Waals surface area contributed by atoms with Crippen LogP contribution in [0.1, 0.15) is 60.8 Å². The van der Waals surface area contributed by atoms with E-state index in [1.54, 1.807) is 0 Å². The Morgan fingerprint density at radius 2 is 1.87 bits per heavy atom. The van der Waals surface area contributed by atoms with Crippen LogP contribution in [0.4, 0.5) is 0 Å². The molecule has 92 valence electrons. The zero-order valence-electron chi connectivity index (χ0n) is 8.60. The first-order chi connectivity index (χ1) is 6.07. The van der Waals surface area contributed by atoms with Gasteiger partial charge in [0.25, 0.3) is 0 Å². The molecule has 0 aliphatic heterocycles. The van der Waals surface area contributed by atoms with E-state index in [0.717, 1.165) is 37.8 Å². The molecule has 0 fully saturated rings. The molecule has 0 aromatic carbocycles. The van der Waals surface area contributed by atoms with E-state index in [9.17, 15) is 4.79 Å². The first kappa shape index (κ1) is 19.8. The number of carbonyl (C=O) groups excluding carboxylic acids is 1. The second-order valence-corrected chi connectivity index (χ2v) is 3.42. The molecule has 1 unspecified atom stereocenters. The molecule has 3 heteroatoms. The molecule has 1 atom stereocenters. The zero-order chi connectivity index (χ0) is 10.3. The Balaban J connectivity index is -0.000000720. The van der Waals surface area contributed by atoms with Crippen molar-refractivity contribution < 1.29 is 4.79 Å². The molecule has 3 N–H and O–H groups in total. The van der Waals surface area contributed by atoms with Gasteiger partial charge in [-0.2, -0.15) is 0 Å². The average molecular weight is 216 g/mol. The van der Waals surface area contributed by atoms with Crippen molar-refractivity contribution in [2.24, 2.45) is 5.73 Å². The summed E-state index contributed by atoms with van der Waals surface area (Å²) in [6.07, 6.45) is 4.36. The van der Waals surface area contributed by atoms with E-state index in [-0.39, 0.29) is 26.7 Å². The predicted molar refractivity (Wildman–Crippen MR) is 68.6 cm³/mol. The van der Waals surface area contributed by atoms with Gasteiger partial charge in [-0.3, -0.25) is 4.79 Å². The summed E-state index contributed by atoms with van der Waals surface area (Å²) in [7, 11) is 0. The van der Waals surface area contributed by atoms with Crippen molar-refractivity contribution in [1.29, 1.82) is 5.41 Å². The van der Waals surface area contributed by atoms with Gasteiger partial charge in [-0.1, -0.05) is 28.2 Å². The summed E-state index contributed by atoms with van der Waals surface area (Å²) in [5.41, 5.74) is 6.35. The van der Waals surface area contributed by atoms with Gasteiger partial charge in [0, 0.05) is 5.71 Å². The second-order valence-electron chi connectivity index (χ2n) is 3.42. The van der Waals surface area contributed by atoms with Crippen LogP contribution in [0.3, 0.4) is 0 Å². The molecule has 0 aliphatic rings. The van der Waals surface area contributed by atoms with Crippen LogP contribution >= 0.6 is 0 Å². The van der Waals surface area contributed by atoms with Gasteiger partial charge in [0.05, 0.1) is 6.04 Å². The van der Waals surface area contributed by atoms with Crippen LogP contribution in [0, 0.1) is 5.41 Å². The third-order valence-electron chi connectivity index (χ3n) is 2.19. The van der Waals surface area contributed by atoms with Crippen LogP contribution in [0.2, 0.25) is 0 Å². The molecule has 0 saturated heterocycles. The summed E-state index contributed by atoms with van der Waals surface area (Å²) in [6, 6.07) is -0.296. The maximum absolute atomic E-state index is 10.8. The number of hydrogen-bond acceptors (Lipinski definition) is 3. The molecule has 15 heavy (non-hydrogen) atoms. The molecule has 0 radical (unpaired) electrons. The van der Waals surface area contributed by atoms with E-state index in [0.29, 0.717) is 0 Å². The van der Waals surface area contributed by atoms with Crippen molar-refractivity contribution >= 4 is 11.5 Å². The Morgan fingerprint density at radius 3 is 2.27 bits per heavy atom. The minimum absolute atomic E-state index is 0. The lowest BCUT2D eigenvalue weighted by molar-refractivity contribution is -0.118. The van der Waals surface area contributed by atoms with E-state index < -0.39 is 0 Å². The van der Waals surface area contributed by atoms with Gasteiger partial charge in [0.1, 0.15) is 5.78 Å². The van der Waals surface area contributed by atoms with Crippen molar-refractivity contribution in [2.75, 3.05) is 0 Å². The lowest BCUT2D eigenvalue weighted by Gasteiger charge is -2.06. The number of unbranched alkanes of at least 4 members (excludes halogenated alkanes) is 1. The number of nitrogens with one attached hydrogen (secondary N) is 1. The maximum Gasteiger partial charge on any atom is 0.146 e. The molecule has 0 amide bonds. The molecular formula is C12H28N2O. The van der Waals surface area contributed by atoms with Crippen LogP contribution in [0.25, 0.3) is 0 Å². The molecule has 0 rings (SSSR count). The van der Waals surface area contributed by atoms with Crippen molar-refractivity contribution in [2.45, 2.75) is 66.8 Å². The third kappa shape index (κ3) is 11.2. The first-order valence-electron chi connectivity index (χ1n) is 4.90. The smallest absolute Gasteiger partial charge is 0.146 e. The first-order valence-corrected chi connectivity index (χ1v) is 4.90. The predicted octanol–water partition coefficient (Wildman–Crippen LogP) is 3.17. The minimum Gasteiger partial charge on any atom is -0.322 e. The second kappa shape index (κ2) is 11.4. The molecule has 0 spiro atoms. The minimum atomic E-state index is -0.296. The van der Waals surface area contributed by atoms with Crippen LogP contribution in [0.5, 0.6) is 0 Å². The summed E-state index contributed by atoms with van der Waals surface area (Å²) in [4.78, 5) is 10.8. The Labute approximate surface area is 95.0 Å². The average Bonchev–Trinajstić information content (AvgIpc) is 2.11. The Morgan fingerprint density at radius 1 is 1.33 bits per heavy atom. The highest BCUT2D eigenvalue weighted by molar-refractivity contribution is 5.81. The molecule has 0 saturated carbocycles. The standard InChI is InChI=1S/C10H20N2O.2CH4/c1-3-9(11)6-4-5-7-10(12)8(2)13;;/h10-11H,3-7,12H2,1-2H3;2*1H4. The molecule has 0 heterocycles. The highest BCUT2D eigenvalue weighted by atomic mass is 16.1.